The molecule has 0 aliphatic carbocycles. The van der Waals surface area contributed by atoms with Gasteiger partial charge in [-0.2, -0.15) is 0 Å². The molecule has 0 radical (unpaired) electrons. The van der Waals surface area contributed by atoms with Crippen molar-refractivity contribution in [1.82, 2.24) is 0 Å². The Kier molecular flexibility index (Phi) is 11200. The Bertz CT molecular complexity index is 15.2. The van der Waals surface area contributed by atoms with Crippen LogP contribution in [0.15, 0.2) is 12.2 Å². The molecule has 0 unspecified atom stereocenters. The van der Waals surface area contributed by atoms with Crippen LogP contribution >= 0.6 is 0 Å². The van der Waals surface area contributed by atoms with Crippen LogP contribution in [0.4, 0.5) is 0 Å². The van der Waals surface area contributed by atoms with Gasteiger partial charge >= 0.3 is 0 Å². The maximum atomic E-state index is 2.00. The van der Waals surface area contributed by atoms with Crippen molar-refractivity contribution in [1.29, 1.82) is 0 Å². The van der Waals surface area contributed by atoms with Gasteiger partial charge in [-0.05, 0) is 13.8 Å². The second-order valence-corrected chi connectivity index (χ2v) is 0.667. The summed E-state index contributed by atoms with van der Waals surface area (Å²) in [6.07, 6.45) is 4.00. The van der Waals surface area contributed by atoms with Crippen molar-refractivity contribution in [2.24, 2.45) is 0 Å². The van der Waals surface area contributed by atoms with Crippen molar-refractivity contribution in [3.8, 4) is 0 Å². The fourth-order valence-corrected chi connectivity index (χ4v) is 0. The molecule has 0 fully saturated rings. The first-order valence-corrected chi connectivity index (χ1v) is 11.5. The molecular formula is C24H68. The maximum Gasteiger partial charge on any atom is -0.0470 e. The lowest BCUT2D eigenvalue weighted by Crippen LogP contribution is -1.26. The normalized spacial score (nSPS) is 4.08. The van der Waals surface area contributed by atoms with Crippen molar-refractivity contribution in [3.63, 3.8) is 0 Å². The zero-order chi connectivity index (χ0) is 23.4. The summed E-state index contributed by atoms with van der Waals surface area (Å²) >= 11 is 0. The minimum Gasteiger partial charge on any atom is -0.0919 e. The van der Waals surface area contributed by atoms with Crippen LogP contribution in [0, 0.1) is 0 Å². The van der Waals surface area contributed by atoms with E-state index in [1.165, 1.54) is 0 Å². The van der Waals surface area contributed by atoms with E-state index in [9.17, 15) is 0 Å². The van der Waals surface area contributed by atoms with Gasteiger partial charge in [0.25, 0.3) is 0 Å². The highest BCUT2D eigenvalue weighted by molar-refractivity contribution is 4.68. The molecular weight excluding hydrogens is 288 g/mol. The first kappa shape index (κ1) is 75.6. The quantitative estimate of drug-likeness (QED) is 0.378. The van der Waals surface area contributed by atoms with Gasteiger partial charge in [0.05, 0.1) is 0 Å². The largest absolute Gasteiger partial charge is 0.0919 e. The molecule has 0 aromatic rings. The van der Waals surface area contributed by atoms with E-state index in [2.05, 4.69) is 0 Å². The van der Waals surface area contributed by atoms with Gasteiger partial charge < -0.3 is 0 Å². The first-order chi connectivity index (χ1) is 11.9. The molecule has 0 aromatic carbocycles. The lowest BCUT2D eigenvalue weighted by Gasteiger charge is -1.49. The van der Waals surface area contributed by atoms with Crippen LogP contribution in [-0.4, -0.2) is 0 Å². The van der Waals surface area contributed by atoms with Crippen molar-refractivity contribution < 1.29 is 0 Å². The second kappa shape index (κ2) is 3550. The average molecular weight is 357 g/mol. The van der Waals surface area contributed by atoms with Gasteiger partial charge in [0.15, 0.2) is 0 Å². The predicted molar refractivity (Wildman–Crippen MR) is 134 cm³/mol. The van der Waals surface area contributed by atoms with E-state index in [0.29, 0.717) is 0 Å². The van der Waals surface area contributed by atoms with E-state index < -0.39 is 0 Å². The van der Waals surface area contributed by atoms with Crippen molar-refractivity contribution in [2.75, 3.05) is 0 Å². The van der Waals surface area contributed by atoms with Gasteiger partial charge in [0.2, 0.25) is 0 Å². The van der Waals surface area contributed by atoms with E-state index >= 15 is 0 Å². The molecule has 0 spiro atoms. The van der Waals surface area contributed by atoms with Crippen molar-refractivity contribution in [3.05, 3.63) is 12.2 Å². The third-order valence-electron chi connectivity index (χ3n) is 0.333. The molecule has 24 heavy (non-hydrogen) atoms. The van der Waals surface area contributed by atoms with E-state index in [4.69, 9.17) is 0 Å². The van der Waals surface area contributed by atoms with E-state index in [0.717, 1.165) is 0 Å². The Morgan fingerprint density at radius 2 is 0.250 bits per heavy atom. The molecule has 164 valence electrons. The van der Waals surface area contributed by atoms with Crippen molar-refractivity contribution >= 4 is 0 Å². The fourth-order valence-electron chi connectivity index (χ4n) is 0. The summed E-state index contributed by atoms with van der Waals surface area (Å²) in [5.41, 5.74) is 0. The van der Waals surface area contributed by atoms with Crippen LogP contribution < -0.4 is 0 Å². The van der Waals surface area contributed by atoms with Crippen LogP contribution in [0.5, 0.6) is 0 Å². The minimum atomic E-state index is 2.00. The highest BCUT2D eigenvalue weighted by Crippen LogP contribution is 1.57. The second-order valence-electron chi connectivity index (χ2n) is 0.667. The van der Waals surface area contributed by atoms with Crippen LogP contribution in [0.2, 0.25) is 0 Å². The molecule has 0 heterocycles. The Labute approximate surface area is 165 Å². The van der Waals surface area contributed by atoms with Gasteiger partial charge in [0, 0.05) is 0 Å². The zero-order valence-corrected chi connectivity index (χ0v) is 23.2. The molecule has 0 bridgehead atoms. The van der Waals surface area contributed by atoms with E-state index in [-0.39, 0.29) is 0 Å². The lowest BCUT2D eigenvalue weighted by atomic mass is 10.6. The molecule has 0 N–H and O–H groups in total. The summed E-state index contributed by atoms with van der Waals surface area (Å²) < 4.78 is 0. The van der Waals surface area contributed by atoms with Crippen LogP contribution in [0.3, 0.4) is 0 Å². The lowest BCUT2D eigenvalue weighted by molar-refractivity contribution is 1.50. The summed E-state index contributed by atoms with van der Waals surface area (Å²) in [5.74, 6) is 0. The Morgan fingerprint density at radius 3 is 0.250 bits per heavy atom. The standard InChI is InChI=1S/C4H8.10C2H6/c1-3-4-2;10*1-2/h3-4H,1-2H3;10*1-2H3. The zero-order valence-electron chi connectivity index (χ0n) is 23.2. The topological polar surface area (TPSA) is 0 Å². The van der Waals surface area contributed by atoms with Gasteiger partial charge in [-0.15, -0.1) is 0 Å². The third-order valence-corrected chi connectivity index (χ3v) is 0.333. The first-order valence-electron chi connectivity index (χ1n) is 11.5. The van der Waals surface area contributed by atoms with E-state index in [1.807, 2.05) is 164 Å². The van der Waals surface area contributed by atoms with Crippen molar-refractivity contribution in [2.45, 2.75) is 152 Å². The van der Waals surface area contributed by atoms with Crippen LogP contribution in [0.1, 0.15) is 152 Å². The molecule has 0 rings (SSSR count). The van der Waals surface area contributed by atoms with Crippen LogP contribution in [-0.2, 0) is 0 Å². The van der Waals surface area contributed by atoms with Gasteiger partial charge in [-0.25, -0.2) is 0 Å². The Balaban J connectivity index is -0.00000000873. The maximum absolute atomic E-state index is 2.00. The molecule has 0 atom stereocenters. The monoisotopic (exact) mass is 357 g/mol. The molecule has 0 aliphatic heterocycles. The third kappa shape index (κ3) is 17100. The molecule has 0 saturated heterocycles. The smallest absolute Gasteiger partial charge is 0.0470 e. The summed E-state index contributed by atoms with van der Waals surface area (Å²) in [6, 6.07) is 0. The molecule has 0 heteroatoms. The summed E-state index contributed by atoms with van der Waals surface area (Å²) in [7, 11) is 0. The van der Waals surface area contributed by atoms with Gasteiger partial charge in [-0.1, -0.05) is 151 Å². The van der Waals surface area contributed by atoms with E-state index in [1.54, 1.807) is 0 Å². The SMILES string of the molecule is CC.CC.CC.CC.CC.CC.CC.CC.CC.CC.CC=CC. The highest BCUT2D eigenvalue weighted by Gasteiger charge is 1.34. The molecule has 0 aromatic heterocycles. The van der Waals surface area contributed by atoms with Crippen LogP contribution in [0.25, 0.3) is 0 Å². The number of hydrogen-bond donors (Lipinski definition) is 0. The van der Waals surface area contributed by atoms with Gasteiger partial charge in [-0.3, -0.25) is 0 Å². The predicted octanol–water partition coefficient (Wildman–Crippen LogP) is 11.8. The summed E-state index contributed by atoms with van der Waals surface area (Å²) in [5, 5.41) is 0. The Morgan fingerprint density at radius 1 is 0.208 bits per heavy atom. The number of rotatable bonds is 0. The van der Waals surface area contributed by atoms with Gasteiger partial charge in [0.1, 0.15) is 0 Å². The summed E-state index contributed by atoms with van der Waals surface area (Å²) in [4.78, 5) is 0. The number of hydrogen-bond acceptors (Lipinski definition) is 0. The molecule has 0 aliphatic rings. The Hall–Kier alpha value is -0.260. The molecule has 0 saturated carbocycles. The number of allylic oxidation sites excluding steroid dienone is 2. The minimum absolute atomic E-state index is 2.00. The average Bonchev–Trinajstić information content (AvgIpc) is 2.81. The summed E-state index contributed by atoms with van der Waals surface area (Å²) in [6.45, 7) is 44.0. The molecule has 0 nitrogen and oxygen atoms in total. The molecule has 0 amide bonds. The highest BCUT2D eigenvalue weighted by atomic mass is 13.4. The fraction of sp³-hybridized carbons (Fsp3) is 0.917.